The van der Waals surface area contributed by atoms with Crippen LogP contribution in [-0.4, -0.2) is 17.9 Å². The lowest BCUT2D eigenvalue weighted by molar-refractivity contribution is 0.0984. The Morgan fingerprint density at radius 1 is 1.47 bits per heavy atom. The zero-order valence-corrected chi connectivity index (χ0v) is 10.7. The van der Waals surface area contributed by atoms with Gasteiger partial charge in [0.25, 0.3) is 0 Å². The van der Waals surface area contributed by atoms with Gasteiger partial charge in [0.15, 0.2) is 5.78 Å². The van der Waals surface area contributed by atoms with Crippen molar-refractivity contribution in [3.05, 3.63) is 21.9 Å². The van der Waals surface area contributed by atoms with Crippen LogP contribution in [0.25, 0.3) is 0 Å². The van der Waals surface area contributed by atoms with E-state index in [-0.39, 0.29) is 11.3 Å². The predicted octanol–water partition coefficient (Wildman–Crippen LogP) is 3.02. The van der Waals surface area contributed by atoms with E-state index in [0.29, 0.717) is 6.42 Å². The molecule has 0 aliphatic heterocycles. The lowest BCUT2D eigenvalue weighted by atomic mass is 10.1. The number of carbonyl (C=O) groups is 1. The third-order valence-corrected chi connectivity index (χ3v) is 3.10. The van der Waals surface area contributed by atoms with Crippen molar-refractivity contribution in [2.24, 2.45) is 0 Å². The van der Waals surface area contributed by atoms with Gasteiger partial charge in [0.05, 0.1) is 4.88 Å². The first kappa shape index (κ1) is 12.4. The quantitative estimate of drug-likeness (QED) is 0.798. The molecule has 0 atom stereocenters. The minimum Gasteiger partial charge on any atom is -0.312 e. The summed E-state index contributed by atoms with van der Waals surface area (Å²) in [7, 11) is 0. The Morgan fingerprint density at radius 3 is 2.60 bits per heavy atom. The molecule has 2 nitrogen and oxygen atoms in total. The number of Topliss-reactive ketones (excluding diaryl/α,β-unsaturated/α-hetero) is 1. The normalized spacial score (nSPS) is 11.7. The van der Waals surface area contributed by atoms with Crippen molar-refractivity contribution in [3.8, 4) is 0 Å². The maximum absolute atomic E-state index is 11.7. The summed E-state index contributed by atoms with van der Waals surface area (Å²) in [6, 6.07) is 1.96. The number of ketones is 1. The highest BCUT2D eigenvalue weighted by molar-refractivity contribution is 7.12. The summed E-state index contributed by atoms with van der Waals surface area (Å²) in [6.07, 6.45) is 0.581. The smallest absolute Gasteiger partial charge is 0.174 e. The minimum absolute atomic E-state index is 0.0889. The molecule has 0 bridgehead atoms. The van der Waals surface area contributed by atoms with Crippen molar-refractivity contribution in [1.82, 2.24) is 5.32 Å². The third-order valence-electron chi connectivity index (χ3n) is 2.01. The largest absolute Gasteiger partial charge is 0.312 e. The highest BCUT2D eigenvalue weighted by Crippen LogP contribution is 2.15. The standard InChI is InChI=1S/C12H19NOS/c1-9-7-11(15-8-9)10(14)5-6-13-12(2,3)4/h7-8,13H,5-6H2,1-4H3. The molecule has 1 heterocycles. The van der Waals surface area contributed by atoms with Crippen LogP contribution in [0, 0.1) is 6.92 Å². The van der Waals surface area contributed by atoms with Gasteiger partial charge in [-0.3, -0.25) is 4.79 Å². The fraction of sp³-hybridized carbons (Fsp3) is 0.583. The van der Waals surface area contributed by atoms with E-state index in [0.717, 1.165) is 11.4 Å². The highest BCUT2D eigenvalue weighted by atomic mass is 32.1. The van der Waals surface area contributed by atoms with Crippen LogP contribution in [0.5, 0.6) is 0 Å². The average molecular weight is 225 g/mol. The van der Waals surface area contributed by atoms with Crippen molar-refractivity contribution in [3.63, 3.8) is 0 Å². The second-order valence-corrected chi connectivity index (χ2v) is 5.75. The van der Waals surface area contributed by atoms with E-state index in [1.807, 2.05) is 18.4 Å². The number of aryl methyl sites for hydroxylation is 1. The van der Waals surface area contributed by atoms with Crippen LogP contribution < -0.4 is 5.32 Å². The van der Waals surface area contributed by atoms with Crippen molar-refractivity contribution in [2.75, 3.05) is 6.54 Å². The zero-order valence-electron chi connectivity index (χ0n) is 9.89. The molecule has 1 aromatic rings. The Morgan fingerprint density at radius 2 is 2.13 bits per heavy atom. The zero-order chi connectivity index (χ0) is 11.5. The lowest BCUT2D eigenvalue weighted by Gasteiger charge is -2.19. The fourth-order valence-corrected chi connectivity index (χ4v) is 2.12. The second kappa shape index (κ2) is 4.90. The van der Waals surface area contributed by atoms with E-state index in [1.54, 1.807) is 0 Å². The second-order valence-electron chi connectivity index (χ2n) is 4.84. The Kier molecular flexibility index (Phi) is 4.05. The molecule has 15 heavy (non-hydrogen) atoms. The summed E-state index contributed by atoms with van der Waals surface area (Å²) in [5, 5.41) is 5.33. The molecule has 1 rings (SSSR count). The van der Waals surface area contributed by atoms with Crippen LogP contribution in [0.2, 0.25) is 0 Å². The maximum Gasteiger partial charge on any atom is 0.174 e. The molecule has 0 aromatic carbocycles. The monoisotopic (exact) mass is 225 g/mol. The molecule has 0 saturated heterocycles. The topological polar surface area (TPSA) is 29.1 Å². The van der Waals surface area contributed by atoms with Gasteiger partial charge < -0.3 is 5.32 Å². The van der Waals surface area contributed by atoms with Crippen LogP contribution in [0.3, 0.4) is 0 Å². The van der Waals surface area contributed by atoms with Crippen molar-refractivity contribution in [1.29, 1.82) is 0 Å². The van der Waals surface area contributed by atoms with Crippen LogP contribution >= 0.6 is 11.3 Å². The molecule has 3 heteroatoms. The number of rotatable bonds is 4. The number of hydrogen-bond acceptors (Lipinski definition) is 3. The van der Waals surface area contributed by atoms with Crippen LogP contribution in [0.15, 0.2) is 11.4 Å². The van der Waals surface area contributed by atoms with Crippen molar-refractivity contribution in [2.45, 2.75) is 39.7 Å². The Labute approximate surface area is 95.7 Å². The first-order chi connectivity index (χ1) is 6.88. The Bertz CT molecular complexity index is 336. The van der Waals surface area contributed by atoms with Gasteiger partial charge in [-0.15, -0.1) is 11.3 Å². The lowest BCUT2D eigenvalue weighted by Crippen LogP contribution is -2.37. The summed E-state index contributed by atoms with van der Waals surface area (Å²) >= 11 is 1.54. The predicted molar refractivity (Wildman–Crippen MR) is 65.8 cm³/mol. The van der Waals surface area contributed by atoms with Gasteiger partial charge in [-0.25, -0.2) is 0 Å². The first-order valence-electron chi connectivity index (χ1n) is 5.22. The third kappa shape index (κ3) is 4.58. The van der Waals surface area contributed by atoms with Gasteiger partial charge in [-0.2, -0.15) is 0 Å². The fourth-order valence-electron chi connectivity index (χ4n) is 1.25. The van der Waals surface area contributed by atoms with Crippen LogP contribution in [0.1, 0.15) is 42.4 Å². The minimum atomic E-state index is 0.0889. The summed E-state index contributed by atoms with van der Waals surface area (Å²) in [5.74, 6) is 0.241. The molecule has 84 valence electrons. The van der Waals surface area contributed by atoms with Gasteiger partial charge in [-0.05, 0) is 44.7 Å². The first-order valence-corrected chi connectivity index (χ1v) is 6.10. The SMILES string of the molecule is Cc1csc(C(=O)CCNC(C)(C)C)c1. The molecule has 0 radical (unpaired) electrons. The number of thiophene rings is 1. The molecule has 0 unspecified atom stereocenters. The molecular weight excluding hydrogens is 206 g/mol. The molecule has 0 amide bonds. The maximum atomic E-state index is 11.7. The average Bonchev–Trinajstić information content (AvgIpc) is 2.49. The van der Waals surface area contributed by atoms with Gasteiger partial charge in [0.1, 0.15) is 0 Å². The van der Waals surface area contributed by atoms with E-state index in [9.17, 15) is 4.79 Å². The number of hydrogen-bond donors (Lipinski definition) is 1. The molecule has 0 aliphatic rings. The van der Waals surface area contributed by atoms with Gasteiger partial charge in [0, 0.05) is 18.5 Å². The molecule has 0 saturated carbocycles. The summed E-state index contributed by atoms with van der Waals surface area (Å²) in [4.78, 5) is 12.6. The molecule has 1 aromatic heterocycles. The van der Waals surface area contributed by atoms with E-state index in [1.165, 1.54) is 16.9 Å². The van der Waals surface area contributed by atoms with Gasteiger partial charge in [-0.1, -0.05) is 0 Å². The summed E-state index contributed by atoms with van der Waals surface area (Å²) < 4.78 is 0. The highest BCUT2D eigenvalue weighted by Gasteiger charge is 2.11. The molecule has 1 N–H and O–H groups in total. The van der Waals surface area contributed by atoms with Crippen molar-refractivity contribution >= 4 is 17.1 Å². The summed E-state index contributed by atoms with van der Waals surface area (Å²) in [5.41, 5.74) is 1.26. The van der Waals surface area contributed by atoms with E-state index < -0.39 is 0 Å². The Balaban J connectivity index is 2.37. The van der Waals surface area contributed by atoms with E-state index in [4.69, 9.17) is 0 Å². The van der Waals surface area contributed by atoms with Gasteiger partial charge in [0.2, 0.25) is 0 Å². The van der Waals surface area contributed by atoms with E-state index in [2.05, 4.69) is 26.1 Å². The number of nitrogens with one attached hydrogen (secondary N) is 1. The Hall–Kier alpha value is -0.670. The number of carbonyl (C=O) groups excluding carboxylic acids is 1. The van der Waals surface area contributed by atoms with Gasteiger partial charge >= 0.3 is 0 Å². The molecule has 0 fully saturated rings. The molecule has 0 spiro atoms. The van der Waals surface area contributed by atoms with E-state index >= 15 is 0 Å². The van der Waals surface area contributed by atoms with Crippen LogP contribution in [-0.2, 0) is 0 Å². The van der Waals surface area contributed by atoms with Crippen LogP contribution in [0.4, 0.5) is 0 Å². The summed E-state index contributed by atoms with van der Waals surface area (Å²) in [6.45, 7) is 9.08. The molecular formula is C12H19NOS. The molecule has 0 aliphatic carbocycles. The van der Waals surface area contributed by atoms with Crippen molar-refractivity contribution < 1.29 is 4.79 Å².